The number of phenolic OH excluding ortho intramolecular Hbond substituents is 6. The summed E-state index contributed by atoms with van der Waals surface area (Å²) in [6.45, 7) is 41.8. The van der Waals surface area contributed by atoms with E-state index >= 15 is 0 Å². The van der Waals surface area contributed by atoms with Crippen molar-refractivity contribution < 1.29 is 30.6 Å². The Hall–Kier alpha value is -16.1. The quantitative estimate of drug-likeness (QED) is 0.0770. The Kier molecular flexibility index (Phi) is 22.9. The minimum atomic E-state index is -0.196. The van der Waals surface area contributed by atoms with Gasteiger partial charge in [0, 0.05) is 133 Å². The zero-order valence-corrected chi connectivity index (χ0v) is 81.3. The summed E-state index contributed by atoms with van der Waals surface area (Å²) in [7, 11) is 0. The molecule has 12 aromatic carbocycles. The molecule has 138 heavy (non-hydrogen) atoms. The van der Waals surface area contributed by atoms with Crippen LogP contribution in [0.1, 0.15) is 150 Å². The number of pyridine rings is 6. The summed E-state index contributed by atoms with van der Waals surface area (Å²) in [5.74, 6) is 0.677. The van der Waals surface area contributed by atoms with E-state index in [9.17, 15) is 30.6 Å². The maximum Gasteiger partial charge on any atom is 0.134 e. The van der Waals surface area contributed by atoms with Gasteiger partial charge in [0.15, 0.2) is 0 Å². The minimum absolute atomic E-state index is 0.106. The summed E-state index contributed by atoms with van der Waals surface area (Å²) in [5, 5.41) is 83.1. The molecule has 0 aliphatic rings. The lowest BCUT2D eigenvalue weighted by molar-refractivity contribution is 0.486. The van der Waals surface area contributed by atoms with Gasteiger partial charge >= 0.3 is 0 Å². The highest BCUT2D eigenvalue weighted by Gasteiger charge is 2.24. The van der Waals surface area contributed by atoms with Crippen molar-refractivity contribution in [1.29, 1.82) is 0 Å². The lowest BCUT2D eigenvalue weighted by Crippen LogP contribution is -2.10. The van der Waals surface area contributed by atoms with Gasteiger partial charge in [0.25, 0.3) is 0 Å². The molecular formula is C120H108N12O6. The number of nitrogens with zero attached hydrogens (tertiary/aromatic N) is 12. The van der Waals surface area contributed by atoms with Gasteiger partial charge in [-0.05, 0) is 278 Å². The molecule has 0 spiro atoms. The van der Waals surface area contributed by atoms with Crippen LogP contribution in [0.4, 0.5) is 0 Å². The van der Waals surface area contributed by atoms with Gasteiger partial charge in [-0.15, -0.1) is 0 Å². The Morgan fingerprint density at radius 2 is 0.384 bits per heavy atom. The van der Waals surface area contributed by atoms with Crippen LogP contribution in [0.5, 0.6) is 34.5 Å². The summed E-state index contributed by atoms with van der Waals surface area (Å²) in [6.07, 6.45) is 6.79. The highest BCUT2D eigenvalue weighted by atomic mass is 16.3. The third-order valence-corrected chi connectivity index (χ3v) is 26.5. The third-order valence-electron chi connectivity index (χ3n) is 26.5. The maximum absolute atomic E-state index is 11.8. The molecule has 0 saturated carbocycles. The van der Waals surface area contributed by atoms with E-state index in [-0.39, 0.29) is 56.2 Å². The highest BCUT2D eigenvalue weighted by Crippen LogP contribution is 2.44. The van der Waals surface area contributed by atoms with Crippen molar-refractivity contribution in [2.75, 3.05) is 0 Å². The molecule has 0 amide bonds. The number of rotatable bonds is 0. The molecule has 0 saturated heterocycles. The van der Waals surface area contributed by atoms with Crippen LogP contribution in [0.25, 0.3) is 196 Å². The van der Waals surface area contributed by atoms with E-state index in [1.165, 1.54) is 0 Å². The van der Waals surface area contributed by atoms with E-state index in [4.69, 9.17) is 59.8 Å². The van der Waals surface area contributed by atoms with Gasteiger partial charge in [-0.3, -0.25) is 29.9 Å². The first-order valence-electron chi connectivity index (χ1n) is 46.5. The number of aromatic nitrogens is 12. The van der Waals surface area contributed by atoms with Crippen molar-refractivity contribution in [1.82, 2.24) is 59.8 Å². The number of fused-ring (bicyclic) bond motifs is 27. The third kappa shape index (κ3) is 17.4. The van der Waals surface area contributed by atoms with Crippen molar-refractivity contribution in [3.8, 4) is 34.5 Å². The highest BCUT2D eigenvalue weighted by molar-refractivity contribution is 6.12. The minimum Gasteiger partial charge on any atom is -0.507 e. The van der Waals surface area contributed by atoms with Crippen LogP contribution in [0.15, 0.2) is 255 Å². The second-order valence-electron chi connectivity index (χ2n) is 40.8. The fourth-order valence-corrected chi connectivity index (χ4v) is 17.9. The first-order valence-corrected chi connectivity index (χ1v) is 46.5. The van der Waals surface area contributed by atoms with Crippen molar-refractivity contribution >= 4 is 196 Å². The topological polar surface area (TPSA) is 276 Å². The second kappa shape index (κ2) is 34.7. The molecule has 21 rings (SSSR count). The molecule has 0 radical (unpaired) electrons. The lowest BCUT2D eigenvalue weighted by atomic mass is 9.85. The van der Waals surface area contributed by atoms with Gasteiger partial charge in [0.1, 0.15) is 34.5 Å². The van der Waals surface area contributed by atoms with Crippen molar-refractivity contribution in [2.24, 2.45) is 0 Å². The molecule has 684 valence electrons. The number of para-hydroxylation sites is 2. The van der Waals surface area contributed by atoms with Gasteiger partial charge in [0.2, 0.25) is 0 Å². The van der Waals surface area contributed by atoms with Gasteiger partial charge in [-0.25, -0.2) is 29.9 Å². The van der Waals surface area contributed by atoms with E-state index in [1.807, 2.05) is 286 Å². The fourth-order valence-electron chi connectivity index (χ4n) is 17.9. The predicted octanol–water partition coefficient (Wildman–Crippen LogP) is 29.5. The molecular weight excluding hydrogens is 1710 g/mol. The van der Waals surface area contributed by atoms with Gasteiger partial charge in [-0.1, -0.05) is 168 Å². The zero-order chi connectivity index (χ0) is 97.4. The Morgan fingerprint density at radius 3 is 0.616 bits per heavy atom. The predicted molar refractivity (Wildman–Crippen MR) is 570 cm³/mol. The molecule has 18 heteroatoms. The fraction of sp³-hybridized carbons (Fsp3) is 0.200. The molecule has 0 unspecified atom stereocenters. The van der Waals surface area contributed by atoms with Crippen LogP contribution < -0.4 is 0 Å². The van der Waals surface area contributed by atoms with E-state index in [0.717, 1.165) is 121 Å². The first kappa shape index (κ1) is 91.1. The number of hydrogen-bond acceptors (Lipinski definition) is 18. The van der Waals surface area contributed by atoms with Gasteiger partial charge < -0.3 is 30.6 Å². The first-order chi connectivity index (χ1) is 65.6. The molecule has 9 heterocycles. The Labute approximate surface area is 798 Å². The largest absolute Gasteiger partial charge is 0.507 e. The Bertz CT molecular complexity index is 8690. The Morgan fingerprint density at radius 1 is 0.181 bits per heavy atom. The standard InChI is InChI=1S/C42H40N4O2.C40H36N4O2.C38H32N4O2/c1-23-15-35-36(16-24(23)2)44-22-28-18-30(42(6,7)8)20-32(40(28)48)34-14-12-26-10-9-25-11-13-33(45-37(25)38(26)46-34)31-19-29(41(3,4)5)17-27(21-43-35)39(31)47;1-39(2,3)27-17-25-21-41-33-9-7-8-10-34(33)42-22-26-18-28(40(4,5)6)20-30(38(26)46)32-16-14-24-12-11-23-13-15-31(29(19-27)37(25)45)43-35(23)36(24)44-32;1-19-13-27-23(5)39-33-17-21(3)22(4)18-34(33)40-24(6)28-14-20(2)16-30(38(28)44)32-12-10-26-8-7-25-9-11-31(29(15-19)37(27)43)41-35(25)36(26)42-32/h9-22,47-48H,1-8H3;7-22,45-46H,1-6H3;7-18,43-44H,1-6H3. The number of hydrogen-bond donors (Lipinski definition) is 6. The van der Waals surface area contributed by atoms with E-state index in [1.54, 1.807) is 24.8 Å². The number of benzene rings is 12. The zero-order valence-electron chi connectivity index (χ0n) is 81.3. The molecule has 24 bridgehead atoms. The molecule has 0 atom stereocenters. The van der Waals surface area contributed by atoms with Crippen molar-refractivity contribution in [2.45, 2.75) is 160 Å². The van der Waals surface area contributed by atoms with Crippen LogP contribution in [0.3, 0.4) is 0 Å². The van der Waals surface area contributed by atoms with Crippen LogP contribution in [0, 0.1) is 55.4 Å². The van der Waals surface area contributed by atoms with E-state index < -0.39 is 0 Å². The summed E-state index contributed by atoms with van der Waals surface area (Å²) in [4.78, 5) is 60.1. The average molecular weight is 1810 g/mol. The number of aromatic hydroxyl groups is 6. The normalized spacial score (nSPS) is 12.1. The molecule has 0 aliphatic carbocycles. The number of aryl methyl sites for hydroxylation is 8. The molecule has 0 fully saturated rings. The van der Waals surface area contributed by atoms with Crippen LogP contribution in [-0.2, 0) is 21.7 Å². The lowest BCUT2D eigenvalue weighted by Gasteiger charge is -2.20. The van der Waals surface area contributed by atoms with Gasteiger partial charge in [0.05, 0.1) is 99.3 Å². The summed E-state index contributed by atoms with van der Waals surface area (Å²) < 4.78 is 0. The molecule has 21 aromatic rings. The molecule has 9 aromatic heterocycles. The smallest absolute Gasteiger partial charge is 0.134 e. The van der Waals surface area contributed by atoms with Crippen LogP contribution in [-0.4, -0.2) is 90.4 Å². The SMILES string of the molecule is CC(C)(C)c1cc2cnc3ccccc3ncc3cc(C(C)(C)C)cc(c3O)c3ccc4ccc5ccc(nc5c4n3)c(c1)c2O.Cc1cc2c(C)nc3cc(C)c(C)cc3nc(C)c3cc(C)cc(c3O)c3ccc4ccc5ccc(nc5c4n3)c(c1)c2O.Cc1cc2ncc3cc(C(C)(C)C)cc(c3O)c3ccc4ccc5ccc(nc5c4n3)c3cc(C(C)(C)C)cc(cnc2cc1C)c3O. The average Bonchev–Trinajstić information content (AvgIpc) is 0.758. The number of phenols is 6. The molecule has 0 aliphatic heterocycles. The van der Waals surface area contributed by atoms with Gasteiger partial charge in [-0.2, -0.15) is 0 Å². The van der Waals surface area contributed by atoms with E-state index in [0.29, 0.717) is 142 Å². The summed E-state index contributed by atoms with van der Waals surface area (Å²) >= 11 is 0. The summed E-state index contributed by atoms with van der Waals surface area (Å²) in [6, 6.07) is 75.4. The molecule has 18 nitrogen and oxygen atoms in total. The van der Waals surface area contributed by atoms with E-state index in [2.05, 4.69) is 83.1 Å². The summed E-state index contributed by atoms with van der Waals surface area (Å²) in [5.41, 5.74) is 23.1. The van der Waals surface area contributed by atoms with Crippen molar-refractivity contribution in [3.63, 3.8) is 0 Å². The van der Waals surface area contributed by atoms with Crippen LogP contribution in [0.2, 0.25) is 0 Å². The van der Waals surface area contributed by atoms with Crippen LogP contribution >= 0.6 is 0 Å². The second-order valence-corrected chi connectivity index (χ2v) is 40.8. The molecule has 6 N–H and O–H groups in total. The maximum atomic E-state index is 11.8. The monoisotopic (exact) mass is 1810 g/mol. The van der Waals surface area contributed by atoms with Crippen molar-refractivity contribution in [3.05, 3.63) is 322 Å². The Balaban J connectivity index is 0.000000132.